The molecule has 4 aromatic rings. The first-order valence-electron chi connectivity index (χ1n) is 24.8. The summed E-state index contributed by atoms with van der Waals surface area (Å²) in [4.78, 5) is 38.7. The normalized spacial score (nSPS) is 22.0. The lowest BCUT2D eigenvalue weighted by Gasteiger charge is -2.45. The minimum Gasteiger partial charge on any atom is -0.467 e. The minimum atomic E-state index is -4.57. The van der Waals surface area contributed by atoms with Crippen molar-refractivity contribution in [3.8, 4) is 5.88 Å². The average molecular weight is 1200 g/mol. The van der Waals surface area contributed by atoms with Gasteiger partial charge in [0.05, 0.1) is 24.8 Å². The highest BCUT2D eigenvalue weighted by Gasteiger charge is 2.72. The third-order valence-corrected chi connectivity index (χ3v) is 21.2. The number of nitrogens with zero attached hydrogens (tertiary/aromatic N) is 9. The van der Waals surface area contributed by atoms with Gasteiger partial charge >= 0.3 is 12.3 Å². The van der Waals surface area contributed by atoms with Crippen molar-refractivity contribution in [3.63, 3.8) is 0 Å². The summed E-state index contributed by atoms with van der Waals surface area (Å²) in [6.45, 7) is 13.0. The number of hydrogen-bond donors (Lipinski definition) is 1. The minimum absolute atomic E-state index is 0.0679. The summed E-state index contributed by atoms with van der Waals surface area (Å²) < 4.78 is 167. The molecule has 2 aliphatic carbocycles. The van der Waals surface area contributed by atoms with Gasteiger partial charge in [0.1, 0.15) is 61.1 Å². The molecule has 2 saturated carbocycles. The summed E-state index contributed by atoms with van der Waals surface area (Å²) >= 11 is 5.76. The zero-order valence-corrected chi connectivity index (χ0v) is 48.7. The van der Waals surface area contributed by atoms with Gasteiger partial charge in [0.25, 0.3) is 0 Å². The van der Waals surface area contributed by atoms with E-state index in [9.17, 15) is 43.6 Å². The number of alkyl halides is 3. The van der Waals surface area contributed by atoms with Crippen LogP contribution >= 0.6 is 11.6 Å². The Kier molecular flexibility index (Phi) is 16.8. The molecule has 4 heterocycles. The molecule has 2 aromatic carbocycles. The second kappa shape index (κ2) is 21.9. The summed E-state index contributed by atoms with van der Waals surface area (Å²) in [7, 11) is -7.01. The highest BCUT2D eigenvalue weighted by Crippen LogP contribution is 2.62. The number of guanidine groups is 2. The van der Waals surface area contributed by atoms with Crippen LogP contribution in [-0.2, 0) is 40.6 Å². The Labute approximate surface area is 465 Å². The van der Waals surface area contributed by atoms with Gasteiger partial charge in [-0.05, 0) is 114 Å². The van der Waals surface area contributed by atoms with Gasteiger partial charge in [0.2, 0.25) is 37.8 Å². The maximum Gasteiger partial charge on any atom is 0.422 e. The van der Waals surface area contributed by atoms with Gasteiger partial charge in [-0.1, -0.05) is 43.4 Å². The number of halogens is 8. The third kappa shape index (κ3) is 12.3. The van der Waals surface area contributed by atoms with Crippen LogP contribution in [0.5, 0.6) is 5.88 Å². The molecule has 1 amide bonds. The fraction of sp³-hybridized carbons (Fsp3) is 0.471. The van der Waals surface area contributed by atoms with Crippen LogP contribution in [0, 0.1) is 11.6 Å². The first-order valence-corrected chi connectivity index (χ1v) is 31.7. The number of hydrogen-bond acceptors (Lipinski definition) is 15. The molecule has 0 saturated heterocycles. The van der Waals surface area contributed by atoms with Gasteiger partial charge in [-0.25, -0.2) is 82.6 Å². The van der Waals surface area contributed by atoms with Gasteiger partial charge in [-0.3, -0.25) is 0 Å². The predicted octanol–water partition coefficient (Wildman–Crippen LogP) is 10.0. The van der Waals surface area contributed by atoms with Crippen LogP contribution in [0.2, 0.25) is 30.8 Å². The fourth-order valence-electron chi connectivity index (χ4n) is 9.19. The zero-order chi connectivity index (χ0) is 59.4. The fourth-order valence-corrected chi connectivity index (χ4v) is 14.3. The van der Waals surface area contributed by atoms with E-state index in [2.05, 4.69) is 49.3 Å². The van der Waals surface area contributed by atoms with Crippen LogP contribution in [-0.4, -0.2) is 132 Å². The molecular weight excluding hydrogens is 1140 g/mol. The third-order valence-electron chi connectivity index (χ3n) is 14.0. The molecule has 434 valence electrons. The van der Waals surface area contributed by atoms with E-state index >= 15 is 8.78 Å². The van der Waals surface area contributed by atoms with Gasteiger partial charge < -0.3 is 19.9 Å². The Morgan fingerprint density at radius 3 is 1.70 bits per heavy atom. The van der Waals surface area contributed by atoms with Crippen molar-refractivity contribution >= 4 is 81.5 Å². The zero-order valence-electron chi connectivity index (χ0n) is 45.3. The Morgan fingerprint density at radius 1 is 0.775 bits per heavy atom. The number of carbonyl (C=O) groups excluding carboxylic acids is 1. The molecule has 8 rings (SSSR count). The summed E-state index contributed by atoms with van der Waals surface area (Å²) in [5, 5.41) is 0.0947. The number of amides is 1. The molecule has 0 bridgehead atoms. The summed E-state index contributed by atoms with van der Waals surface area (Å²) in [6, 6.07) is 8.27. The lowest BCUT2D eigenvalue weighted by atomic mass is 9.85. The standard InChI is InChI=1S/C30H40ClF2N5O5SSi.C21H20F5N5O3S/c1-28(2,3)43-27(39)38(19-42-13-14-45(6,7)8)26-36-29(4,30(11-12-30)44(40,41)37(26)5)21-15-20(9-10-22(21)32)16-23(33)24-17-35-25(31)18-34-24;1-19(20(5-6-20)35(32,33)31(2)18(27)30-19)13-7-12(3-4-14(13)22)8-15(23)16-9-29-17(10-28-16)34-11-21(24,25)26/h9-10,15-18H,11-14,19H2,1-8H3;3-4,7-10H,5-6,11H2,1-2H3,(H2,27,30)/b23-16-;15-8-/t29-;19-/m11/s1. The lowest BCUT2D eigenvalue weighted by molar-refractivity contribution is -0.154. The Hall–Kier alpha value is -6.23. The van der Waals surface area contributed by atoms with E-state index in [-0.39, 0.29) is 83.1 Å². The Bertz CT molecular complexity index is 3390. The van der Waals surface area contributed by atoms with E-state index < -0.39 is 102 Å². The molecular formula is C51H60ClF7N10O8S2Si. The summed E-state index contributed by atoms with van der Waals surface area (Å²) in [5.74, 6) is -4.13. The molecule has 2 N–H and O–H groups in total. The molecule has 2 atom stereocenters. The van der Waals surface area contributed by atoms with Crippen LogP contribution < -0.4 is 10.5 Å². The van der Waals surface area contributed by atoms with Crippen LogP contribution in [0.4, 0.5) is 35.5 Å². The number of aliphatic imine (C=N–C) groups is 2. The number of rotatable bonds is 13. The molecule has 2 aromatic heterocycles. The van der Waals surface area contributed by atoms with E-state index in [1.54, 1.807) is 20.8 Å². The number of ether oxygens (including phenoxy) is 3. The highest BCUT2D eigenvalue weighted by atomic mass is 35.5. The molecule has 4 aliphatic rings. The SMILES string of the molecule is CN1C(N(COCC[Si](C)(C)C)C(=O)OC(C)(C)C)=N[C@](C)(c2cc(/C=C(\F)c3cnc(Cl)cn3)ccc2F)C2(CC2)S1(=O)=O.CN1C(N)=N[C@](C)(c2cc(/C=C(\F)c3cnc(OCC(F)(F)F)cn3)ccc2F)C2(CC2)S1(=O)=O. The Balaban J connectivity index is 0.000000238. The molecule has 2 spiro atoms. The van der Waals surface area contributed by atoms with Gasteiger partial charge in [0.15, 0.2) is 18.3 Å². The number of nitrogens with two attached hydrogens (primary N) is 1. The predicted molar refractivity (Wildman–Crippen MR) is 289 cm³/mol. The van der Waals surface area contributed by atoms with Crippen LogP contribution in [0.3, 0.4) is 0 Å². The maximum absolute atomic E-state index is 15.7. The molecule has 29 heteroatoms. The number of sulfonamides is 2. The van der Waals surface area contributed by atoms with Crippen molar-refractivity contribution < 1.29 is 66.6 Å². The molecule has 80 heavy (non-hydrogen) atoms. The maximum atomic E-state index is 15.7. The first kappa shape index (κ1) is 61.4. The molecule has 18 nitrogen and oxygen atoms in total. The lowest BCUT2D eigenvalue weighted by Crippen LogP contribution is -2.61. The van der Waals surface area contributed by atoms with Crippen LogP contribution in [0.25, 0.3) is 23.8 Å². The summed E-state index contributed by atoms with van der Waals surface area (Å²) in [6.07, 6.45) is 1.70. The molecule has 0 radical (unpaired) electrons. The van der Waals surface area contributed by atoms with Gasteiger partial charge in [0, 0.05) is 39.9 Å². The topological polar surface area (TPSA) is 225 Å². The average Bonchev–Trinajstić information content (AvgIpc) is 4.41. The highest BCUT2D eigenvalue weighted by molar-refractivity contribution is 7.91. The number of carbonyl (C=O) groups is 1. The first-order chi connectivity index (χ1) is 36.9. The van der Waals surface area contributed by atoms with E-state index in [1.807, 2.05) is 0 Å². The number of benzene rings is 2. The van der Waals surface area contributed by atoms with Gasteiger partial charge in [-0.2, -0.15) is 13.2 Å². The second-order valence-electron chi connectivity index (χ2n) is 22.0. The van der Waals surface area contributed by atoms with E-state index in [0.717, 1.165) is 62.4 Å². The second-order valence-corrected chi connectivity index (χ2v) is 32.6. The smallest absolute Gasteiger partial charge is 0.422 e. The Morgan fingerprint density at radius 2 is 1.26 bits per heavy atom. The van der Waals surface area contributed by atoms with Crippen molar-refractivity contribution in [3.05, 3.63) is 112 Å². The monoisotopic (exact) mass is 1200 g/mol. The molecule has 2 fully saturated rings. The van der Waals surface area contributed by atoms with Crippen molar-refractivity contribution in [1.29, 1.82) is 0 Å². The van der Waals surface area contributed by atoms with Crippen molar-refractivity contribution in [2.24, 2.45) is 15.7 Å². The van der Waals surface area contributed by atoms with Crippen molar-refractivity contribution in [2.45, 2.75) is 118 Å². The van der Waals surface area contributed by atoms with Crippen molar-refractivity contribution in [1.82, 2.24) is 33.4 Å². The van der Waals surface area contributed by atoms with E-state index in [1.165, 1.54) is 58.4 Å². The van der Waals surface area contributed by atoms with Gasteiger partial charge in [-0.15, -0.1) is 0 Å². The van der Waals surface area contributed by atoms with Crippen LogP contribution in [0.1, 0.15) is 93.9 Å². The molecule has 2 aliphatic heterocycles. The molecule has 0 unspecified atom stereocenters. The number of aromatic nitrogens is 4. The summed E-state index contributed by atoms with van der Waals surface area (Å²) in [5.41, 5.74) is 1.56. The van der Waals surface area contributed by atoms with Crippen molar-refractivity contribution in [2.75, 3.05) is 34.0 Å². The van der Waals surface area contributed by atoms with E-state index in [0.29, 0.717) is 6.61 Å². The van der Waals surface area contributed by atoms with Crippen LogP contribution in [0.15, 0.2) is 71.2 Å². The quantitative estimate of drug-likeness (QED) is 0.0570. The largest absolute Gasteiger partial charge is 0.467 e. The van der Waals surface area contributed by atoms with E-state index in [4.69, 9.17) is 31.8 Å².